The van der Waals surface area contributed by atoms with Crippen LogP contribution in [0.25, 0.3) is 0 Å². The molecule has 0 unspecified atom stereocenters. The molecule has 0 spiro atoms. The van der Waals surface area contributed by atoms with E-state index in [-0.39, 0.29) is 25.7 Å². The summed E-state index contributed by atoms with van der Waals surface area (Å²) in [7, 11) is 0. The maximum atomic E-state index is 10.4. The summed E-state index contributed by atoms with van der Waals surface area (Å²) in [5.41, 5.74) is 0. The Morgan fingerprint density at radius 3 is 2.38 bits per heavy atom. The number of rotatable bonds is 15. The molecule has 24 heavy (non-hydrogen) atoms. The van der Waals surface area contributed by atoms with Crippen molar-refractivity contribution in [3.63, 3.8) is 0 Å². The Morgan fingerprint density at radius 2 is 1.71 bits per heavy atom. The van der Waals surface area contributed by atoms with Crippen molar-refractivity contribution < 1.29 is 35.2 Å². The molecule has 0 fully saturated rings. The van der Waals surface area contributed by atoms with Gasteiger partial charge >= 0.3 is 5.97 Å². The fourth-order valence-corrected chi connectivity index (χ4v) is 1.69. The molecule has 0 bridgehead atoms. The average Bonchev–Trinajstić information content (AvgIpc) is 2.71. The van der Waals surface area contributed by atoms with Gasteiger partial charge in [-0.25, -0.2) is 0 Å². The van der Waals surface area contributed by atoms with Crippen LogP contribution in [0.15, 0.2) is 36.5 Å². The Balaban J connectivity index is 4.85. The number of aliphatic hydroxyl groups is 2. The molecule has 0 aromatic rings. The highest BCUT2D eigenvalue weighted by Crippen LogP contribution is 2.07. The lowest BCUT2D eigenvalue weighted by atomic mass is 10.1. The Bertz CT molecular complexity index is 759. The molecule has 0 aliphatic carbocycles. The van der Waals surface area contributed by atoms with Crippen molar-refractivity contribution in [2.75, 3.05) is 0 Å². The van der Waals surface area contributed by atoms with Gasteiger partial charge in [-0.15, -0.1) is 0 Å². The second-order valence-corrected chi connectivity index (χ2v) is 4.99. The zero-order chi connectivity index (χ0) is 27.7. The highest BCUT2D eigenvalue weighted by atomic mass is 16.4. The second-order valence-electron chi connectivity index (χ2n) is 4.99. The molecule has 2 atom stereocenters. The topological polar surface area (TPSA) is 77.8 Å². The number of carbonyl (C=O) groups is 1. The molecule has 0 aromatic heterocycles. The van der Waals surface area contributed by atoms with Crippen molar-refractivity contribution >= 4 is 5.97 Å². The number of unbranched alkanes of at least 4 members (excludes halogenated alkanes) is 1. The first-order chi connectivity index (χ1) is 15.7. The average molecular weight is 350 g/mol. The van der Waals surface area contributed by atoms with E-state index in [0.29, 0.717) is 18.9 Å². The highest BCUT2D eigenvalue weighted by Gasteiger charge is 2.12. The predicted molar refractivity (Wildman–Crippen MR) is 98.9 cm³/mol. The number of aliphatic carboxylic acids is 1. The van der Waals surface area contributed by atoms with Gasteiger partial charge in [-0.05, 0) is 44.8 Å². The van der Waals surface area contributed by atoms with Crippen LogP contribution < -0.4 is 0 Å². The van der Waals surface area contributed by atoms with Crippen LogP contribution in [0, 0.1) is 0 Å². The van der Waals surface area contributed by atoms with E-state index < -0.39 is 50.5 Å². The SMILES string of the molecule is [2H]C([2H])([2H])C([2H])([2H])C([2H])([2H])C([2H])([2H])C([2H])([2H])/C=C\C/C=C\C[C@@H](O)[C@H](O)C/C=C\CCCC(=O)O. The third-order valence-corrected chi connectivity index (χ3v) is 2.96. The van der Waals surface area contributed by atoms with Crippen LogP contribution in [-0.2, 0) is 4.79 Å². The molecule has 0 saturated carbocycles. The Labute approximate surface area is 162 Å². The van der Waals surface area contributed by atoms with E-state index in [1.165, 1.54) is 12.2 Å². The zero-order valence-corrected chi connectivity index (χ0v) is 13.6. The van der Waals surface area contributed by atoms with Gasteiger partial charge in [0.2, 0.25) is 0 Å². The summed E-state index contributed by atoms with van der Waals surface area (Å²) in [6, 6.07) is 0. The predicted octanol–water partition coefficient (Wildman–Crippen LogP) is 4.38. The standard InChI is InChI=1S/C20H34O4/c1-2-3-4-5-6-7-8-9-12-15-18(21)19(22)16-13-10-11-14-17-20(23)24/h6-7,9-10,12-13,18-19,21-22H,2-5,8,11,14-17H2,1H3,(H,23,24)/b7-6-,12-9-,13-10-/t18-,19-/m1/s1/i1D3,2D2,3D2,4D2,5D2. The summed E-state index contributed by atoms with van der Waals surface area (Å²) in [6.07, 6.45) is -6.50. The van der Waals surface area contributed by atoms with Crippen LogP contribution in [-0.4, -0.2) is 33.5 Å². The highest BCUT2D eigenvalue weighted by molar-refractivity contribution is 5.66. The Morgan fingerprint density at radius 1 is 1.04 bits per heavy atom. The summed E-state index contributed by atoms with van der Waals surface area (Å²) >= 11 is 0. The van der Waals surface area contributed by atoms with Crippen LogP contribution in [0.2, 0.25) is 0 Å². The quantitative estimate of drug-likeness (QED) is 0.303. The fraction of sp³-hybridized carbons (Fsp3) is 0.650. The first-order valence-electron chi connectivity index (χ1n) is 13.3. The Kier molecular flexibility index (Phi) is 6.81. The van der Waals surface area contributed by atoms with Gasteiger partial charge in [-0.1, -0.05) is 56.1 Å². The molecule has 0 aromatic carbocycles. The van der Waals surface area contributed by atoms with E-state index in [1.807, 2.05) is 0 Å². The summed E-state index contributed by atoms with van der Waals surface area (Å²) in [5, 5.41) is 28.4. The molecule has 0 aliphatic rings. The van der Waals surface area contributed by atoms with Crippen molar-refractivity contribution in [3.8, 4) is 0 Å². The smallest absolute Gasteiger partial charge is 0.303 e. The minimum Gasteiger partial charge on any atom is -0.481 e. The molecule has 4 heteroatoms. The van der Waals surface area contributed by atoms with Gasteiger partial charge in [0.25, 0.3) is 0 Å². The number of hydrogen-bond acceptors (Lipinski definition) is 3. The summed E-state index contributed by atoms with van der Waals surface area (Å²) in [4.78, 5) is 10.4. The van der Waals surface area contributed by atoms with Gasteiger partial charge in [0, 0.05) is 21.5 Å². The van der Waals surface area contributed by atoms with E-state index in [4.69, 9.17) is 20.2 Å². The van der Waals surface area contributed by atoms with Crippen LogP contribution in [0.1, 0.15) is 85.9 Å². The zero-order valence-electron chi connectivity index (χ0n) is 24.6. The van der Waals surface area contributed by atoms with E-state index in [9.17, 15) is 15.0 Å². The number of aliphatic hydroxyl groups excluding tert-OH is 2. The Hall–Kier alpha value is -1.39. The van der Waals surface area contributed by atoms with Crippen molar-refractivity contribution in [1.82, 2.24) is 0 Å². The number of hydrogen-bond donors (Lipinski definition) is 3. The lowest BCUT2D eigenvalue weighted by molar-refractivity contribution is -0.137. The van der Waals surface area contributed by atoms with E-state index in [2.05, 4.69) is 0 Å². The van der Waals surface area contributed by atoms with Crippen molar-refractivity contribution in [2.45, 2.75) is 83.1 Å². The lowest BCUT2D eigenvalue weighted by Gasteiger charge is -2.14. The monoisotopic (exact) mass is 349 g/mol. The van der Waals surface area contributed by atoms with Gasteiger partial charge < -0.3 is 15.3 Å². The molecular weight excluding hydrogens is 304 g/mol. The van der Waals surface area contributed by atoms with Gasteiger partial charge in [-0.2, -0.15) is 0 Å². The molecule has 0 radical (unpaired) electrons. The van der Waals surface area contributed by atoms with Crippen molar-refractivity contribution in [1.29, 1.82) is 0 Å². The molecule has 0 aliphatic heterocycles. The largest absolute Gasteiger partial charge is 0.481 e. The van der Waals surface area contributed by atoms with Crippen molar-refractivity contribution in [3.05, 3.63) is 36.5 Å². The molecule has 138 valence electrons. The minimum absolute atomic E-state index is 0.0471. The van der Waals surface area contributed by atoms with Crippen LogP contribution >= 0.6 is 0 Å². The molecule has 4 nitrogen and oxygen atoms in total. The maximum Gasteiger partial charge on any atom is 0.303 e. The van der Waals surface area contributed by atoms with Gasteiger partial charge in [0.05, 0.1) is 12.2 Å². The van der Waals surface area contributed by atoms with Crippen molar-refractivity contribution in [2.24, 2.45) is 0 Å². The lowest BCUT2D eigenvalue weighted by Crippen LogP contribution is -2.24. The van der Waals surface area contributed by atoms with Gasteiger partial charge in [-0.3, -0.25) is 4.79 Å². The number of carboxylic acid groups (broad SMARTS) is 1. The molecule has 0 rings (SSSR count). The molecular formula is C20H34O4. The number of allylic oxidation sites excluding steroid dienone is 4. The molecule has 0 heterocycles. The second kappa shape index (κ2) is 16.5. The first kappa shape index (κ1) is 9.93. The summed E-state index contributed by atoms with van der Waals surface area (Å²) in [6.45, 7) is -3.52. The van der Waals surface area contributed by atoms with E-state index in [0.717, 1.165) is 6.08 Å². The maximum absolute atomic E-state index is 10.4. The van der Waals surface area contributed by atoms with Crippen LogP contribution in [0.3, 0.4) is 0 Å². The number of carboxylic acids is 1. The van der Waals surface area contributed by atoms with Crippen LogP contribution in [0.5, 0.6) is 0 Å². The minimum atomic E-state index is -3.69. The molecule has 0 saturated heterocycles. The van der Waals surface area contributed by atoms with Gasteiger partial charge in [0.1, 0.15) is 0 Å². The van der Waals surface area contributed by atoms with E-state index in [1.54, 1.807) is 12.2 Å². The third kappa shape index (κ3) is 15.5. The van der Waals surface area contributed by atoms with Crippen LogP contribution in [0.4, 0.5) is 0 Å². The third-order valence-electron chi connectivity index (χ3n) is 2.96. The summed E-state index contributed by atoms with van der Waals surface area (Å²) in [5.74, 6) is -0.887. The fourth-order valence-electron chi connectivity index (χ4n) is 1.69. The molecule has 0 amide bonds. The summed E-state index contributed by atoms with van der Waals surface area (Å²) < 4.78 is 83.7. The normalized spacial score (nSPS) is 24.5. The molecule has 3 N–H and O–H groups in total. The first-order valence-corrected chi connectivity index (χ1v) is 7.78. The van der Waals surface area contributed by atoms with E-state index >= 15 is 0 Å². The van der Waals surface area contributed by atoms with Gasteiger partial charge in [0.15, 0.2) is 0 Å².